The Morgan fingerprint density at radius 2 is 2.33 bits per heavy atom. The van der Waals surface area contributed by atoms with Crippen molar-refractivity contribution < 1.29 is 14.3 Å². The first-order valence-electron chi connectivity index (χ1n) is 2.31. The van der Waals surface area contributed by atoms with E-state index in [9.17, 15) is 4.79 Å². The van der Waals surface area contributed by atoms with Crippen LogP contribution in [-0.2, 0) is 9.47 Å². The van der Waals surface area contributed by atoms with Crippen LogP contribution in [0.5, 0.6) is 0 Å². The second-order valence-corrected chi connectivity index (χ2v) is 1.51. The number of ether oxygens (including phenoxy) is 2. The average Bonchev–Trinajstić information content (AvgIpc) is 1.63. The van der Waals surface area contributed by atoms with Crippen molar-refractivity contribution in [3.63, 3.8) is 0 Å². The first-order valence-corrected chi connectivity index (χ1v) is 2.71. The molecule has 0 aliphatic heterocycles. The maximum absolute atomic E-state index is 10.2. The number of hydrogen-bond acceptors (Lipinski definition) is 4. The first kappa shape index (κ1) is 8.16. The average molecular weight is 149 g/mol. The zero-order valence-electron chi connectivity index (χ0n) is 4.92. The molecule has 0 bridgehead atoms. The first-order chi connectivity index (χ1) is 4.16. The largest absolute Gasteiger partial charge is 0.515 e. The highest BCUT2D eigenvalue weighted by Crippen LogP contribution is 1.83. The van der Waals surface area contributed by atoms with Gasteiger partial charge in [0.15, 0.2) is 0 Å². The SMILES string of the molecule is CCOC(=O)OC(N)=S. The molecule has 0 aromatic rings. The van der Waals surface area contributed by atoms with Crippen LogP contribution in [0, 0.1) is 0 Å². The molecule has 9 heavy (non-hydrogen) atoms. The van der Waals surface area contributed by atoms with Crippen molar-refractivity contribution in [2.75, 3.05) is 6.61 Å². The van der Waals surface area contributed by atoms with Gasteiger partial charge in [0, 0.05) is 0 Å². The van der Waals surface area contributed by atoms with Gasteiger partial charge in [0.2, 0.25) is 0 Å². The topological polar surface area (TPSA) is 61.5 Å². The lowest BCUT2D eigenvalue weighted by atomic mass is 10.9. The van der Waals surface area contributed by atoms with Crippen molar-refractivity contribution in [3.05, 3.63) is 0 Å². The summed E-state index contributed by atoms with van der Waals surface area (Å²) in [4.78, 5) is 10.2. The van der Waals surface area contributed by atoms with E-state index < -0.39 is 6.16 Å². The van der Waals surface area contributed by atoms with Crippen molar-refractivity contribution in [2.24, 2.45) is 5.73 Å². The van der Waals surface area contributed by atoms with Gasteiger partial charge in [-0.15, -0.1) is 0 Å². The Labute approximate surface area is 57.9 Å². The van der Waals surface area contributed by atoms with Crippen LogP contribution in [0.2, 0.25) is 0 Å². The van der Waals surface area contributed by atoms with Gasteiger partial charge in [0.25, 0.3) is 5.17 Å². The normalized spacial score (nSPS) is 8.11. The summed E-state index contributed by atoms with van der Waals surface area (Å²) in [6.45, 7) is 1.91. The molecule has 4 nitrogen and oxygen atoms in total. The zero-order chi connectivity index (χ0) is 7.28. The fourth-order valence-corrected chi connectivity index (χ4v) is 0.297. The molecule has 0 heterocycles. The summed E-state index contributed by atoms with van der Waals surface area (Å²) < 4.78 is 8.46. The lowest BCUT2D eigenvalue weighted by molar-refractivity contribution is 0.101. The van der Waals surface area contributed by atoms with Crippen LogP contribution in [0.4, 0.5) is 4.79 Å². The van der Waals surface area contributed by atoms with Gasteiger partial charge >= 0.3 is 6.16 Å². The van der Waals surface area contributed by atoms with Crippen molar-refractivity contribution in [1.82, 2.24) is 0 Å². The molecule has 0 fully saturated rings. The molecule has 0 radical (unpaired) electrons. The molecule has 0 rings (SSSR count). The Morgan fingerprint density at radius 3 is 2.67 bits per heavy atom. The molecule has 0 atom stereocenters. The van der Waals surface area contributed by atoms with Crippen LogP contribution >= 0.6 is 12.2 Å². The van der Waals surface area contributed by atoms with E-state index in [0.29, 0.717) is 0 Å². The number of nitrogens with two attached hydrogens (primary N) is 1. The minimum atomic E-state index is -0.856. The number of carbonyl (C=O) groups excluding carboxylic acids is 1. The summed E-state index contributed by atoms with van der Waals surface area (Å²) in [6.07, 6.45) is -0.856. The summed E-state index contributed by atoms with van der Waals surface area (Å²) in [6, 6.07) is 0. The maximum Gasteiger partial charge on any atom is 0.515 e. The van der Waals surface area contributed by atoms with E-state index in [4.69, 9.17) is 5.73 Å². The second kappa shape index (κ2) is 4.08. The molecule has 2 N–H and O–H groups in total. The minimum absolute atomic E-state index is 0.251. The monoisotopic (exact) mass is 149 g/mol. The van der Waals surface area contributed by atoms with Gasteiger partial charge in [-0.1, -0.05) is 0 Å². The minimum Gasteiger partial charge on any atom is -0.434 e. The van der Waals surface area contributed by atoms with E-state index in [0.717, 1.165) is 0 Å². The number of thiocarbonyl (C=S) groups is 1. The van der Waals surface area contributed by atoms with Gasteiger partial charge in [0.1, 0.15) is 0 Å². The van der Waals surface area contributed by atoms with Gasteiger partial charge in [-0.05, 0) is 19.1 Å². The molecule has 0 saturated heterocycles. The van der Waals surface area contributed by atoms with Crippen LogP contribution in [0.3, 0.4) is 0 Å². The molecule has 0 aliphatic rings. The zero-order valence-corrected chi connectivity index (χ0v) is 5.73. The van der Waals surface area contributed by atoms with Crippen molar-refractivity contribution >= 4 is 23.5 Å². The standard InChI is InChI=1S/C4H7NO3S/c1-2-7-4(6)8-3(5)9/h2H2,1H3,(H2,5,9). The molecule has 0 aromatic carbocycles. The van der Waals surface area contributed by atoms with Crippen LogP contribution in [0.1, 0.15) is 6.92 Å². The fraction of sp³-hybridized carbons (Fsp3) is 0.500. The van der Waals surface area contributed by atoms with E-state index in [-0.39, 0.29) is 11.8 Å². The van der Waals surface area contributed by atoms with Crippen molar-refractivity contribution in [2.45, 2.75) is 6.92 Å². The quantitative estimate of drug-likeness (QED) is 0.432. The molecule has 0 spiro atoms. The van der Waals surface area contributed by atoms with E-state index in [1.54, 1.807) is 6.92 Å². The molecule has 0 amide bonds. The fourth-order valence-electron chi connectivity index (χ4n) is 0.229. The maximum atomic E-state index is 10.2. The van der Waals surface area contributed by atoms with Crippen LogP contribution < -0.4 is 5.73 Å². The van der Waals surface area contributed by atoms with Crippen LogP contribution in [0.25, 0.3) is 0 Å². The molecular formula is C4H7NO3S. The number of hydrogen-bond donors (Lipinski definition) is 1. The Bertz CT molecular complexity index is 125. The third-order valence-corrected chi connectivity index (χ3v) is 0.529. The van der Waals surface area contributed by atoms with Crippen LogP contribution in [-0.4, -0.2) is 17.9 Å². The van der Waals surface area contributed by atoms with E-state index in [2.05, 4.69) is 21.7 Å². The number of carbonyl (C=O) groups is 1. The smallest absolute Gasteiger partial charge is 0.434 e. The molecule has 0 aromatic heterocycles. The van der Waals surface area contributed by atoms with Crippen LogP contribution in [0.15, 0.2) is 0 Å². The third kappa shape index (κ3) is 5.02. The van der Waals surface area contributed by atoms with Gasteiger partial charge in [0.05, 0.1) is 6.61 Å². The van der Waals surface area contributed by atoms with Gasteiger partial charge in [-0.2, -0.15) is 0 Å². The van der Waals surface area contributed by atoms with Gasteiger partial charge in [-0.25, -0.2) is 4.79 Å². The lowest BCUT2D eigenvalue weighted by Gasteiger charge is -1.98. The Balaban J connectivity index is 3.39. The predicted molar refractivity (Wildman–Crippen MR) is 34.9 cm³/mol. The van der Waals surface area contributed by atoms with E-state index >= 15 is 0 Å². The summed E-state index contributed by atoms with van der Waals surface area (Å²) in [5.41, 5.74) is 4.83. The second-order valence-electron chi connectivity index (χ2n) is 1.10. The summed E-state index contributed by atoms with van der Waals surface area (Å²) in [7, 11) is 0. The molecule has 0 saturated carbocycles. The van der Waals surface area contributed by atoms with E-state index in [1.807, 2.05) is 0 Å². The summed E-state index contributed by atoms with van der Waals surface area (Å²) in [5.74, 6) is 0. The van der Waals surface area contributed by atoms with Crippen molar-refractivity contribution in [1.29, 1.82) is 0 Å². The van der Waals surface area contributed by atoms with Gasteiger partial charge in [-0.3, -0.25) is 0 Å². The third-order valence-electron chi connectivity index (χ3n) is 0.446. The Morgan fingerprint density at radius 1 is 1.78 bits per heavy atom. The predicted octanol–water partition coefficient (Wildman–Crippen LogP) is 0.403. The van der Waals surface area contributed by atoms with E-state index in [1.165, 1.54) is 0 Å². The molecule has 0 aliphatic carbocycles. The molecule has 5 heteroatoms. The highest BCUT2D eigenvalue weighted by Gasteiger charge is 2.01. The molecular weight excluding hydrogens is 142 g/mol. The Hall–Kier alpha value is -0.840. The highest BCUT2D eigenvalue weighted by molar-refractivity contribution is 7.80. The highest BCUT2D eigenvalue weighted by atomic mass is 32.1. The number of rotatable bonds is 1. The Kier molecular flexibility index (Phi) is 3.70. The molecule has 52 valence electrons. The molecule has 0 unspecified atom stereocenters. The summed E-state index contributed by atoms with van der Waals surface area (Å²) in [5, 5.41) is -0.326. The lowest BCUT2D eigenvalue weighted by Crippen LogP contribution is -2.18. The summed E-state index contributed by atoms with van der Waals surface area (Å²) >= 11 is 4.24. The van der Waals surface area contributed by atoms with Gasteiger partial charge < -0.3 is 15.2 Å². The van der Waals surface area contributed by atoms with Crippen molar-refractivity contribution in [3.8, 4) is 0 Å².